The number of aromatic nitrogens is 1. The molecule has 0 aliphatic carbocycles. The molecule has 0 spiro atoms. The summed E-state index contributed by atoms with van der Waals surface area (Å²) in [7, 11) is -2.05. The van der Waals surface area contributed by atoms with Gasteiger partial charge in [-0.2, -0.15) is 8.70 Å². The van der Waals surface area contributed by atoms with Crippen molar-refractivity contribution >= 4 is 29.5 Å². The van der Waals surface area contributed by atoms with E-state index in [1.165, 1.54) is 23.4 Å². The molecule has 2 aromatic rings. The first kappa shape index (κ1) is 24.1. The highest BCUT2D eigenvalue weighted by atomic mass is 32.2. The number of ether oxygens (including phenoxy) is 1. The second-order valence-corrected chi connectivity index (χ2v) is 11.6. The number of nitrogens with zero attached hydrogens (tertiary/aromatic N) is 2. The number of piperidine rings is 1. The number of nitrogens with one attached hydrogen (secondary N) is 1. The summed E-state index contributed by atoms with van der Waals surface area (Å²) < 4.78 is 59.6. The lowest BCUT2D eigenvalue weighted by molar-refractivity contribution is 0.0413. The number of likely N-dealkylation sites (tertiary alicyclic amines) is 1. The average molecular weight is 474 g/mol. The summed E-state index contributed by atoms with van der Waals surface area (Å²) in [4.78, 5) is 5.38. The van der Waals surface area contributed by atoms with Gasteiger partial charge in [-0.05, 0) is 46.3 Å². The third-order valence-electron chi connectivity index (χ3n) is 5.95. The molecule has 1 aliphatic heterocycles. The van der Waals surface area contributed by atoms with Crippen LogP contribution >= 0.6 is 8.58 Å². The number of alkyl halides is 1. The summed E-state index contributed by atoms with van der Waals surface area (Å²) >= 11 is 0. The SMILES string of the molecule is C=CS(=O)(=O)N(C)[C@H]1CN(Cc2cc3cc(OC(C)(F)PC)c(F)cc3[nH]2)CC[C@H]1C. The first-order chi connectivity index (χ1) is 14.5. The number of fused-ring (bicyclic) bond motifs is 1. The second kappa shape index (κ2) is 9.14. The molecule has 0 amide bonds. The molecule has 2 unspecified atom stereocenters. The van der Waals surface area contributed by atoms with Gasteiger partial charge in [0.25, 0.3) is 5.60 Å². The monoisotopic (exact) mass is 473 g/mol. The van der Waals surface area contributed by atoms with Crippen LogP contribution in [0.2, 0.25) is 0 Å². The molecule has 1 aromatic carbocycles. The van der Waals surface area contributed by atoms with Gasteiger partial charge in [-0.15, -0.1) is 0 Å². The first-order valence-corrected chi connectivity index (χ1v) is 13.2. The maximum absolute atomic E-state index is 14.4. The van der Waals surface area contributed by atoms with Crippen molar-refractivity contribution in [1.29, 1.82) is 0 Å². The molecule has 0 bridgehead atoms. The van der Waals surface area contributed by atoms with E-state index in [1.54, 1.807) is 13.7 Å². The summed E-state index contributed by atoms with van der Waals surface area (Å²) in [6.45, 7) is 10.4. The van der Waals surface area contributed by atoms with E-state index in [9.17, 15) is 17.2 Å². The molecular formula is C21H30F2N3O3PS. The lowest BCUT2D eigenvalue weighted by Crippen LogP contribution is -2.51. The smallest absolute Gasteiger partial charge is 0.259 e. The quantitative estimate of drug-likeness (QED) is 0.582. The van der Waals surface area contributed by atoms with E-state index in [2.05, 4.69) is 23.4 Å². The number of H-pyrrole nitrogens is 1. The number of benzene rings is 1. The van der Waals surface area contributed by atoms with Gasteiger partial charge in [0.05, 0.1) is 0 Å². The fourth-order valence-electron chi connectivity index (χ4n) is 3.89. The molecule has 4 atom stereocenters. The van der Waals surface area contributed by atoms with Gasteiger partial charge in [0.2, 0.25) is 10.0 Å². The molecule has 1 fully saturated rings. The van der Waals surface area contributed by atoms with Crippen LogP contribution in [0.25, 0.3) is 10.9 Å². The molecule has 6 nitrogen and oxygen atoms in total. The second-order valence-electron chi connectivity index (χ2n) is 8.23. The number of rotatable bonds is 8. The number of hydrogen-bond donors (Lipinski definition) is 1. The molecule has 2 heterocycles. The molecule has 3 rings (SSSR count). The number of hydrogen-bond acceptors (Lipinski definition) is 4. The van der Waals surface area contributed by atoms with Gasteiger partial charge in [-0.1, -0.05) is 13.5 Å². The van der Waals surface area contributed by atoms with Crippen LogP contribution in [0, 0.1) is 11.7 Å². The summed E-state index contributed by atoms with van der Waals surface area (Å²) in [5.74, 6) is -0.506. The van der Waals surface area contributed by atoms with Crippen molar-refractivity contribution in [1.82, 2.24) is 14.2 Å². The Morgan fingerprint density at radius 1 is 1.45 bits per heavy atom. The van der Waals surface area contributed by atoms with Crippen molar-refractivity contribution in [3.8, 4) is 5.75 Å². The summed E-state index contributed by atoms with van der Waals surface area (Å²) in [6.07, 6.45) is 0.862. The van der Waals surface area contributed by atoms with Crippen LogP contribution in [0.5, 0.6) is 5.75 Å². The molecule has 10 heteroatoms. The molecule has 1 aliphatic rings. The molecule has 31 heavy (non-hydrogen) atoms. The summed E-state index contributed by atoms with van der Waals surface area (Å²) in [6, 6.07) is 4.56. The van der Waals surface area contributed by atoms with Gasteiger partial charge in [0, 0.05) is 61.2 Å². The van der Waals surface area contributed by atoms with E-state index in [0.717, 1.165) is 29.5 Å². The Morgan fingerprint density at radius 2 is 2.16 bits per heavy atom. The minimum atomic E-state index is -3.50. The standard InChI is InChI=1S/C21H30F2N3O3PS/c1-6-31(27,28)25(4)19-13-26(8-7-14(19)2)12-16-9-15-10-20(29-21(3,23)30-5)17(22)11-18(15)24-16/h6,9-11,14,19,24,30H,1,7-8,12-13H2,2-5H3/t14-,19+,21?/m1/s1. The maximum Gasteiger partial charge on any atom is 0.259 e. The van der Waals surface area contributed by atoms with Crippen LogP contribution < -0.4 is 4.74 Å². The number of likely N-dealkylation sites (N-methyl/N-ethyl adjacent to an activating group) is 1. The van der Waals surface area contributed by atoms with Crippen LogP contribution in [-0.2, 0) is 16.6 Å². The topological polar surface area (TPSA) is 65.6 Å². The highest BCUT2D eigenvalue weighted by Crippen LogP contribution is 2.36. The molecule has 0 radical (unpaired) electrons. The summed E-state index contributed by atoms with van der Waals surface area (Å²) in [5, 5.41) is 1.71. The van der Waals surface area contributed by atoms with Crippen LogP contribution in [0.1, 0.15) is 26.0 Å². The van der Waals surface area contributed by atoms with Crippen molar-refractivity contribution in [2.75, 3.05) is 26.8 Å². The minimum Gasteiger partial charge on any atom is -0.452 e. The zero-order chi connectivity index (χ0) is 23.0. The number of aromatic amines is 1. The van der Waals surface area contributed by atoms with Crippen LogP contribution in [0.15, 0.2) is 30.2 Å². The normalized spacial score (nSPS) is 22.9. The highest BCUT2D eigenvalue weighted by molar-refractivity contribution is 7.92. The fourth-order valence-corrected chi connectivity index (χ4v) is 4.99. The van der Waals surface area contributed by atoms with Gasteiger partial charge in [0.15, 0.2) is 11.6 Å². The molecule has 1 saturated heterocycles. The van der Waals surface area contributed by atoms with Crippen LogP contribution in [0.4, 0.5) is 8.78 Å². The minimum absolute atomic E-state index is 0.111. The Balaban J connectivity index is 1.77. The Hall–Kier alpha value is -1.54. The lowest BCUT2D eigenvalue weighted by Gasteiger charge is -2.40. The van der Waals surface area contributed by atoms with E-state index in [-0.39, 0.29) is 26.3 Å². The molecule has 0 saturated carbocycles. The molecule has 1 N–H and O–H groups in total. The fraction of sp³-hybridized carbons (Fsp3) is 0.524. The molecule has 172 valence electrons. The van der Waals surface area contributed by atoms with E-state index in [1.807, 2.05) is 6.07 Å². The number of halogens is 2. The predicted octanol–water partition coefficient (Wildman–Crippen LogP) is 4.25. The Morgan fingerprint density at radius 3 is 2.81 bits per heavy atom. The zero-order valence-corrected chi connectivity index (χ0v) is 20.1. The van der Waals surface area contributed by atoms with E-state index in [4.69, 9.17) is 4.74 Å². The van der Waals surface area contributed by atoms with Crippen molar-refractivity contribution in [2.24, 2.45) is 5.92 Å². The van der Waals surface area contributed by atoms with Crippen LogP contribution in [-0.4, -0.2) is 61.0 Å². The average Bonchev–Trinajstić information content (AvgIpc) is 3.09. The predicted molar refractivity (Wildman–Crippen MR) is 122 cm³/mol. The lowest BCUT2D eigenvalue weighted by atomic mass is 9.93. The largest absolute Gasteiger partial charge is 0.452 e. The Kier molecular flexibility index (Phi) is 7.11. The number of sulfonamides is 1. The molecular weight excluding hydrogens is 443 g/mol. The van der Waals surface area contributed by atoms with Gasteiger partial charge >= 0.3 is 0 Å². The van der Waals surface area contributed by atoms with Crippen molar-refractivity contribution in [2.45, 2.75) is 38.5 Å². The van der Waals surface area contributed by atoms with Crippen molar-refractivity contribution < 1.29 is 21.9 Å². The zero-order valence-electron chi connectivity index (χ0n) is 18.3. The first-order valence-electron chi connectivity index (χ1n) is 10.2. The van der Waals surface area contributed by atoms with E-state index < -0.39 is 21.4 Å². The third-order valence-corrected chi connectivity index (χ3v) is 8.44. The van der Waals surface area contributed by atoms with Crippen molar-refractivity contribution in [3.63, 3.8) is 0 Å². The third kappa shape index (κ3) is 5.45. The van der Waals surface area contributed by atoms with Crippen LogP contribution in [0.3, 0.4) is 0 Å². The Bertz CT molecular complexity index is 1060. The highest BCUT2D eigenvalue weighted by Gasteiger charge is 2.33. The molecule has 1 aromatic heterocycles. The van der Waals surface area contributed by atoms with Gasteiger partial charge in [-0.3, -0.25) is 4.90 Å². The van der Waals surface area contributed by atoms with Gasteiger partial charge in [-0.25, -0.2) is 12.8 Å². The van der Waals surface area contributed by atoms with Gasteiger partial charge < -0.3 is 9.72 Å². The van der Waals surface area contributed by atoms with Crippen molar-refractivity contribution in [3.05, 3.63) is 41.7 Å². The summed E-state index contributed by atoms with van der Waals surface area (Å²) in [5.41, 5.74) is -0.438. The van der Waals surface area contributed by atoms with E-state index in [0.29, 0.717) is 18.6 Å². The Labute approximate surface area is 184 Å². The van der Waals surface area contributed by atoms with E-state index >= 15 is 0 Å². The maximum atomic E-state index is 14.4. The van der Waals surface area contributed by atoms with Gasteiger partial charge in [0.1, 0.15) is 0 Å².